The van der Waals surface area contributed by atoms with Crippen LogP contribution in [0.2, 0.25) is 0 Å². The second-order valence-corrected chi connectivity index (χ2v) is 5.25. The van der Waals surface area contributed by atoms with Crippen LogP contribution < -0.4 is 0 Å². The second kappa shape index (κ2) is 5.89. The van der Waals surface area contributed by atoms with Gasteiger partial charge in [0.1, 0.15) is 0 Å². The maximum absolute atomic E-state index is 11.3. The maximum Gasteiger partial charge on any atom is 0.333 e. The molecule has 2 atom stereocenters. The summed E-state index contributed by atoms with van der Waals surface area (Å²) in [5.74, 6) is -1.17. The highest BCUT2D eigenvalue weighted by molar-refractivity contribution is 5.90. The van der Waals surface area contributed by atoms with Gasteiger partial charge in [-0.1, -0.05) is 13.0 Å². The van der Waals surface area contributed by atoms with E-state index in [4.69, 9.17) is 0 Å². The minimum absolute atomic E-state index is 0.0970. The molecule has 0 fully saturated rings. The molecule has 0 bridgehead atoms. The van der Waals surface area contributed by atoms with Crippen molar-refractivity contribution in [2.45, 2.75) is 12.8 Å². The third-order valence-electron chi connectivity index (χ3n) is 3.88. The van der Waals surface area contributed by atoms with Crippen LogP contribution in [-0.4, -0.2) is 27.3 Å². The van der Waals surface area contributed by atoms with Gasteiger partial charge in [0, 0.05) is 60.2 Å². The van der Waals surface area contributed by atoms with E-state index in [1.807, 2.05) is 25.1 Å². The van der Waals surface area contributed by atoms with Gasteiger partial charge in [0.15, 0.2) is 0 Å². The molecule has 2 aromatic heterocycles. The Hall–Kier alpha value is -2.82. The summed E-state index contributed by atoms with van der Waals surface area (Å²) < 4.78 is 0. The zero-order valence-electron chi connectivity index (χ0n) is 12.0. The van der Waals surface area contributed by atoms with E-state index in [2.05, 4.69) is 15.0 Å². The number of nitrogens with zero attached hydrogens (tertiary/aromatic N) is 3. The van der Waals surface area contributed by atoms with Gasteiger partial charge in [-0.3, -0.25) is 15.0 Å². The molecule has 0 radical (unpaired) electrons. The highest BCUT2D eigenvalue weighted by Gasteiger charge is 2.28. The lowest BCUT2D eigenvalue weighted by Crippen LogP contribution is -2.21. The molecule has 0 aromatic carbocycles. The predicted molar refractivity (Wildman–Crippen MR) is 83.6 cm³/mol. The first-order chi connectivity index (χ1) is 10.7. The first kappa shape index (κ1) is 14.1. The third kappa shape index (κ3) is 2.65. The molecule has 3 rings (SSSR count). The fourth-order valence-electron chi connectivity index (χ4n) is 2.61. The average molecular weight is 293 g/mol. The summed E-state index contributed by atoms with van der Waals surface area (Å²) in [5, 5.41) is 9.24. The summed E-state index contributed by atoms with van der Waals surface area (Å²) in [6, 6.07) is 5.86. The Balaban J connectivity index is 1.95. The van der Waals surface area contributed by atoms with Crippen molar-refractivity contribution in [3.63, 3.8) is 0 Å². The number of hydrogen-bond donors (Lipinski definition) is 1. The molecule has 0 spiro atoms. The number of hydrogen-bond acceptors (Lipinski definition) is 4. The molecule has 2 unspecified atom stereocenters. The van der Waals surface area contributed by atoms with Gasteiger partial charge in [0.25, 0.3) is 0 Å². The number of aliphatic carboxylic acids is 1. The molecular weight excluding hydrogens is 278 g/mol. The first-order valence-corrected chi connectivity index (χ1v) is 6.99. The van der Waals surface area contributed by atoms with Crippen LogP contribution in [0.1, 0.15) is 18.4 Å². The van der Waals surface area contributed by atoms with Gasteiger partial charge in [0.2, 0.25) is 0 Å². The highest BCUT2D eigenvalue weighted by atomic mass is 16.4. The minimum Gasteiger partial charge on any atom is -0.478 e. The number of aliphatic imine (C=N–C) groups is 1. The normalized spacial score (nSPS) is 20.5. The van der Waals surface area contributed by atoms with E-state index >= 15 is 0 Å². The number of carboxylic acid groups (broad SMARTS) is 1. The summed E-state index contributed by atoms with van der Waals surface area (Å²) in [6.45, 7) is 1.90. The van der Waals surface area contributed by atoms with Gasteiger partial charge in [-0.15, -0.1) is 0 Å². The number of carbonyl (C=O) groups is 1. The van der Waals surface area contributed by atoms with E-state index in [0.717, 1.165) is 16.7 Å². The molecule has 5 nitrogen and oxygen atoms in total. The fourth-order valence-corrected chi connectivity index (χ4v) is 2.61. The van der Waals surface area contributed by atoms with Crippen molar-refractivity contribution in [2.75, 3.05) is 0 Å². The highest BCUT2D eigenvalue weighted by Crippen LogP contribution is 2.32. The molecule has 5 heteroatoms. The SMILES string of the molecule is CC1C(C(=O)O)=CN=CC1c1cncc(-c2cccnc2)c1. The summed E-state index contributed by atoms with van der Waals surface area (Å²) in [7, 11) is 0. The van der Waals surface area contributed by atoms with Crippen LogP contribution in [0, 0.1) is 5.92 Å². The van der Waals surface area contributed by atoms with Crippen molar-refractivity contribution in [1.82, 2.24) is 9.97 Å². The van der Waals surface area contributed by atoms with Crippen LogP contribution in [0.25, 0.3) is 11.1 Å². The molecule has 0 amide bonds. The lowest BCUT2D eigenvalue weighted by atomic mass is 9.82. The van der Waals surface area contributed by atoms with Crippen molar-refractivity contribution < 1.29 is 9.90 Å². The summed E-state index contributed by atoms with van der Waals surface area (Å²) in [4.78, 5) is 23.7. The third-order valence-corrected chi connectivity index (χ3v) is 3.88. The van der Waals surface area contributed by atoms with Gasteiger partial charge in [-0.25, -0.2) is 4.79 Å². The lowest BCUT2D eigenvalue weighted by molar-refractivity contribution is -0.133. The first-order valence-electron chi connectivity index (χ1n) is 6.99. The van der Waals surface area contributed by atoms with Crippen molar-refractivity contribution in [2.24, 2.45) is 10.9 Å². The van der Waals surface area contributed by atoms with Crippen LogP contribution in [0.15, 0.2) is 59.8 Å². The molecule has 2 aromatic rings. The summed E-state index contributed by atoms with van der Waals surface area (Å²) in [5.41, 5.74) is 3.20. The maximum atomic E-state index is 11.3. The van der Waals surface area contributed by atoms with E-state index in [1.54, 1.807) is 31.0 Å². The average Bonchev–Trinajstić information content (AvgIpc) is 2.56. The Bertz CT molecular complexity index is 754. The number of pyridine rings is 2. The smallest absolute Gasteiger partial charge is 0.333 e. The molecule has 0 saturated heterocycles. The van der Waals surface area contributed by atoms with Crippen LogP contribution >= 0.6 is 0 Å². The van der Waals surface area contributed by atoms with Gasteiger partial charge in [-0.05, 0) is 17.7 Å². The van der Waals surface area contributed by atoms with Crippen molar-refractivity contribution in [3.8, 4) is 11.1 Å². The molecule has 0 aliphatic carbocycles. The van der Waals surface area contributed by atoms with E-state index in [-0.39, 0.29) is 11.8 Å². The van der Waals surface area contributed by atoms with Crippen LogP contribution in [0.4, 0.5) is 0 Å². The zero-order chi connectivity index (χ0) is 15.5. The van der Waals surface area contributed by atoms with E-state index in [1.165, 1.54) is 6.20 Å². The Labute approximate surface area is 128 Å². The van der Waals surface area contributed by atoms with Crippen LogP contribution in [0.5, 0.6) is 0 Å². The minimum atomic E-state index is -0.925. The fraction of sp³-hybridized carbons (Fsp3) is 0.176. The lowest BCUT2D eigenvalue weighted by Gasteiger charge is -2.23. The number of aromatic nitrogens is 2. The second-order valence-electron chi connectivity index (χ2n) is 5.25. The molecule has 1 aliphatic heterocycles. The molecule has 1 aliphatic rings. The Kier molecular flexibility index (Phi) is 3.78. The van der Waals surface area contributed by atoms with Gasteiger partial charge >= 0.3 is 5.97 Å². The summed E-state index contributed by atoms with van der Waals surface area (Å²) in [6.07, 6.45) is 10.2. The van der Waals surface area contributed by atoms with Gasteiger partial charge < -0.3 is 5.11 Å². The quantitative estimate of drug-likeness (QED) is 0.944. The Morgan fingerprint density at radius 1 is 1.18 bits per heavy atom. The molecule has 110 valence electrons. The molecule has 1 N–H and O–H groups in total. The van der Waals surface area contributed by atoms with Crippen LogP contribution in [0.3, 0.4) is 0 Å². The topological polar surface area (TPSA) is 75.4 Å². The van der Waals surface area contributed by atoms with E-state index in [9.17, 15) is 9.90 Å². The molecular formula is C17H15N3O2. The van der Waals surface area contributed by atoms with Crippen molar-refractivity contribution in [1.29, 1.82) is 0 Å². The number of rotatable bonds is 3. The van der Waals surface area contributed by atoms with Crippen molar-refractivity contribution in [3.05, 3.63) is 60.3 Å². The predicted octanol–water partition coefficient (Wildman–Crippen LogP) is 2.92. The zero-order valence-corrected chi connectivity index (χ0v) is 12.0. The summed E-state index contributed by atoms with van der Waals surface area (Å²) >= 11 is 0. The molecule has 22 heavy (non-hydrogen) atoms. The number of carboxylic acids is 1. The van der Waals surface area contributed by atoms with Gasteiger partial charge in [-0.2, -0.15) is 0 Å². The van der Waals surface area contributed by atoms with E-state index < -0.39 is 5.97 Å². The molecule has 3 heterocycles. The van der Waals surface area contributed by atoms with Crippen LogP contribution in [-0.2, 0) is 4.79 Å². The molecule has 0 saturated carbocycles. The monoisotopic (exact) mass is 293 g/mol. The Morgan fingerprint density at radius 3 is 2.73 bits per heavy atom. The van der Waals surface area contributed by atoms with Gasteiger partial charge in [0.05, 0.1) is 5.57 Å². The van der Waals surface area contributed by atoms with E-state index in [0.29, 0.717) is 5.57 Å². The van der Waals surface area contributed by atoms with Crippen molar-refractivity contribution >= 4 is 12.2 Å². The standard InChI is InChI=1S/C17H15N3O2/c1-11-15(9-20-10-16(11)17(21)22)14-5-13(7-19-8-14)12-3-2-4-18-6-12/h2-11,15H,1H3,(H,21,22). The largest absolute Gasteiger partial charge is 0.478 e. The Morgan fingerprint density at radius 2 is 2.00 bits per heavy atom.